The number of nitrogens with zero attached hydrogens (tertiary/aromatic N) is 3. The predicted octanol–water partition coefficient (Wildman–Crippen LogP) is 5.07. The van der Waals surface area contributed by atoms with Crippen LogP contribution in [-0.2, 0) is 7.05 Å². The molecule has 3 N–H and O–H groups in total. The van der Waals surface area contributed by atoms with Gasteiger partial charge >= 0.3 is 0 Å². The van der Waals surface area contributed by atoms with E-state index in [9.17, 15) is 4.79 Å². The topological polar surface area (TPSA) is 95.1 Å². The minimum absolute atomic E-state index is 0.151. The van der Waals surface area contributed by atoms with Gasteiger partial charge < -0.3 is 15.8 Å². The summed E-state index contributed by atoms with van der Waals surface area (Å²) in [7, 11) is 1.86. The largest absolute Gasteiger partial charge is 0.482 e. The Morgan fingerprint density at radius 2 is 1.88 bits per heavy atom. The van der Waals surface area contributed by atoms with Crippen LogP contribution >= 0.6 is 0 Å². The molecule has 168 valence electrons. The maximum atomic E-state index is 12.7. The van der Waals surface area contributed by atoms with Crippen molar-refractivity contribution in [2.75, 3.05) is 11.1 Å². The van der Waals surface area contributed by atoms with Crippen molar-refractivity contribution in [3.63, 3.8) is 0 Å². The summed E-state index contributed by atoms with van der Waals surface area (Å²) in [6.07, 6.45) is 5.06. The van der Waals surface area contributed by atoms with Crippen LogP contribution in [0.1, 0.15) is 40.1 Å². The normalized spacial score (nSPS) is 11.8. The molecule has 7 heteroatoms. The molecule has 7 nitrogen and oxygen atoms in total. The van der Waals surface area contributed by atoms with Crippen LogP contribution < -0.4 is 15.8 Å². The van der Waals surface area contributed by atoms with E-state index in [1.165, 1.54) is 0 Å². The average molecular weight is 442 g/mol. The van der Waals surface area contributed by atoms with Gasteiger partial charge in [-0.05, 0) is 67.8 Å². The summed E-state index contributed by atoms with van der Waals surface area (Å²) in [5.41, 5.74) is 12.3. The van der Waals surface area contributed by atoms with Gasteiger partial charge in [-0.3, -0.25) is 9.48 Å². The third-order valence-corrected chi connectivity index (χ3v) is 5.61. The first-order valence-electron chi connectivity index (χ1n) is 10.7. The summed E-state index contributed by atoms with van der Waals surface area (Å²) in [4.78, 5) is 17.0. The summed E-state index contributed by atoms with van der Waals surface area (Å²) in [6.45, 7) is 5.95. The van der Waals surface area contributed by atoms with Crippen molar-refractivity contribution in [2.45, 2.75) is 26.9 Å². The van der Waals surface area contributed by atoms with E-state index < -0.39 is 0 Å². The number of aryl methyl sites for hydroxylation is 3. The van der Waals surface area contributed by atoms with Gasteiger partial charge in [0, 0.05) is 41.8 Å². The van der Waals surface area contributed by atoms with Gasteiger partial charge in [-0.1, -0.05) is 18.2 Å². The van der Waals surface area contributed by atoms with Crippen LogP contribution in [0, 0.1) is 13.8 Å². The lowest BCUT2D eigenvalue weighted by molar-refractivity contribution is 0.102. The number of ether oxygens (including phenoxy) is 1. The van der Waals surface area contributed by atoms with Crippen molar-refractivity contribution < 1.29 is 9.53 Å². The molecule has 0 unspecified atom stereocenters. The molecule has 0 aliphatic heterocycles. The summed E-state index contributed by atoms with van der Waals surface area (Å²) in [6, 6.07) is 15.1. The van der Waals surface area contributed by atoms with Gasteiger partial charge in [0.15, 0.2) is 11.6 Å². The quantitative estimate of drug-likeness (QED) is 0.435. The van der Waals surface area contributed by atoms with E-state index in [4.69, 9.17) is 10.5 Å². The molecule has 2 heterocycles. The number of carbonyl (C=O) groups excluding carboxylic acids is 1. The Balaban J connectivity index is 1.50. The number of hydrogen-bond donors (Lipinski definition) is 2. The number of nitrogens with one attached hydrogen (secondary N) is 1. The molecule has 4 rings (SSSR count). The van der Waals surface area contributed by atoms with Gasteiger partial charge in [0.05, 0.1) is 6.20 Å². The Hall–Kier alpha value is -4.13. The minimum Gasteiger partial charge on any atom is -0.482 e. The minimum atomic E-state index is -0.309. The molecule has 0 aliphatic rings. The molecular weight excluding hydrogens is 414 g/mol. The Morgan fingerprint density at radius 1 is 1.06 bits per heavy atom. The highest BCUT2D eigenvalue weighted by Gasteiger charge is 2.14. The third-order valence-electron chi connectivity index (χ3n) is 5.61. The van der Waals surface area contributed by atoms with Gasteiger partial charge in [-0.25, -0.2) is 4.98 Å². The SMILES string of the molecule is Cc1ccc(C(=O)Nc2cccc([C@@H](C)Oc3cc(-c4cnn(C)c4)cnc3N)c2)cc1C. The first-order valence-corrected chi connectivity index (χ1v) is 10.7. The first-order chi connectivity index (χ1) is 15.8. The third kappa shape index (κ3) is 5.03. The molecule has 0 bridgehead atoms. The number of benzene rings is 2. The highest BCUT2D eigenvalue weighted by molar-refractivity contribution is 6.04. The van der Waals surface area contributed by atoms with Crippen molar-refractivity contribution in [3.8, 4) is 16.9 Å². The molecule has 0 fully saturated rings. The fourth-order valence-corrected chi connectivity index (χ4v) is 3.49. The van der Waals surface area contributed by atoms with E-state index in [1.807, 2.05) is 82.5 Å². The molecule has 1 atom stereocenters. The lowest BCUT2D eigenvalue weighted by Gasteiger charge is -2.18. The number of carbonyl (C=O) groups is 1. The Bertz CT molecular complexity index is 1310. The standard InChI is InChI=1S/C26H27N5O2/c1-16-8-9-20(10-17(16)2)26(32)30-23-7-5-6-19(11-23)18(3)33-24-12-21(13-28-25(24)27)22-14-29-31(4)15-22/h5-15,18H,1-4H3,(H2,27,28)(H,30,32)/t18-/m1/s1. The second kappa shape index (κ2) is 9.16. The van der Waals surface area contributed by atoms with E-state index in [0.717, 1.165) is 27.8 Å². The molecule has 0 aliphatic carbocycles. The number of aromatic nitrogens is 3. The molecule has 0 saturated heterocycles. The summed E-state index contributed by atoms with van der Waals surface area (Å²) in [5.74, 6) is 0.656. The van der Waals surface area contributed by atoms with Crippen LogP contribution in [0.5, 0.6) is 5.75 Å². The van der Waals surface area contributed by atoms with Gasteiger partial charge in [-0.15, -0.1) is 0 Å². The molecular formula is C26H27N5O2. The Labute approximate surface area is 193 Å². The highest BCUT2D eigenvalue weighted by atomic mass is 16.5. The fraction of sp³-hybridized carbons (Fsp3) is 0.192. The van der Waals surface area contributed by atoms with Crippen LogP contribution in [-0.4, -0.2) is 20.7 Å². The van der Waals surface area contributed by atoms with Crippen LogP contribution in [0.4, 0.5) is 11.5 Å². The van der Waals surface area contributed by atoms with Crippen LogP contribution in [0.15, 0.2) is 67.1 Å². The maximum absolute atomic E-state index is 12.7. The predicted molar refractivity (Wildman–Crippen MR) is 130 cm³/mol. The maximum Gasteiger partial charge on any atom is 0.255 e. The molecule has 2 aromatic carbocycles. The number of amides is 1. The van der Waals surface area contributed by atoms with Gasteiger partial charge in [0.2, 0.25) is 0 Å². The molecule has 0 radical (unpaired) electrons. The number of pyridine rings is 1. The number of anilines is 2. The molecule has 1 amide bonds. The second-order valence-corrected chi connectivity index (χ2v) is 8.15. The highest BCUT2D eigenvalue weighted by Crippen LogP contribution is 2.31. The summed E-state index contributed by atoms with van der Waals surface area (Å²) in [5, 5.41) is 7.17. The van der Waals surface area contributed by atoms with Gasteiger partial charge in [0.1, 0.15) is 6.10 Å². The van der Waals surface area contributed by atoms with Gasteiger partial charge in [-0.2, -0.15) is 5.10 Å². The zero-order valence-electron chi connectivity index (χ0n) is 19.2. The van der Waals surface area contributed by atoms with Crippen molar-refractivity contribution in [3.05, 3.63) is 89.4 Å². The second-order valence-electron chi connectivity index (χ2n) is 8.15. The number of rotatable bonds is 6. The smallest absolute Gasteiger partial charge is 0.255 e. The average Bonchev–Trinajstić information content (AvgIpc) is 3.23. The Morgan fingerprint density at radius 3 is 2.61 bits per heavy atom. The lowest BCUT2D eigenvalue weighted by atomic mass is 10.1. The van der Waals surface area contributed by atoms with Crippen LogP contribution in [0.3, 0.4) is 0 Å². The van der Waals surface area contributed by atoms with E-state index in [-0.39, 0.29) is 12.0 Å². The van der Waals surface area contributed by atoms with Crippen LogP contribution in [0.2, 0.25) is 0 Å². The van der Waals surface area contributed by atoms with E-state index in [2.05, 4.69) is 15.4 Å². The monoisotopic (exact) mass is 441 g/mol. The summed E-state index contributed by atoms with van der Waals surface area (Å²) < 4.78 is 7.87. The lowest BCUT2D eigenvalue weighted by Crippen LogP contribution is -2.13. The van der Waals surface area contributed by atoms with Crippen LogP contribution in [0.25, 0.3) is 11.1 Å². The number of nitrogens with two attached hydrogens (primary N) is 1. The summed E-state index contributed by atoms with van der Waals surface area (Å²) >= 11 is 0. The zero-order valence-corrected chi connectivity index (χ0v) is 19.2. The van der Waals surface area contributed by atoms with Crippen molar-refractivity contribution in [1.29, 1.82) is 0 Å². The number of nitrogen functional groups attached to an aromatic ring is 1. The van der Waals surface area contributed by atoms with Crippen molar-refractivity contribution in [1.82, 2.24) is 14.8 Å². The van der Waals surface area contributed by atoms with Gasteiger partial charge in [0.25, 0.3) is 5.91 Å². The number of hydrogen-bond acceptors (Lipinski definition) is 5. The molecule has 4 aromatic rings. The molecule has 0 saturated carbocycles. The molecule has 33 heavy (non-hydrogen) atoms. The molecule has 2 aromatic heterocycles. The van der Waals surface area contributed by atoms with E-state index >= 15 is 0 Å². The van der Waals surface area contributed by atoms with E-state index in [0.29, 0.717) is 22.8 Å². The van der Waals surface area contributed by atoms with E-state index in [1.54, 1.807) is 17.1 Å². The fourth-order valence-electron chi connectivity index (χ4n) is 3.49. The zero-order chi connectivity index (χ0) is 23.5. The van der Waals surface area contributed by atoms with Crippen molar-refractivity contribution in [2.24, 2.45) is 7.05 Å². The first kappa shape index (κ1) is 22.1. The Kier molecular flexibility index (Phi) is 6.13. The molecule has 0 spiro atoms. The van der Waals surface area contributed by atoms with Crippen molar-refractivity contribution >= 4 is 17.4 Å².